The van der Waals surface area contributed by atoms with Crippen molar-refractivity contribution in [3.05, 3.63) is 36.0 Å². The maximum atomic E-state index is 11.1. The molecule has 2 aromatic heterocycles. The number of aromatic amines is 1. The van der Waals surface area contributed by atoms with Crippen LogP contribution in [0.1, 0.15) is 10.4 Å². The van der Waals surface area contributed by atoms with Crippen LogP contribution in [0.3, 0.4) is 0 Å². The van der Waals surface area contributed by atoms with Crippen LogP contribution in [0.4, 0.5) is 0 Å². The third-order valence-corrected chi connectivity index (χ3v) is 2.88. The summed E-state index contributed by atoms with van der Waals surface area (Å²) in [5, 5.41) is 13.5. The Labute approximate surface area is 107 Å². The van der Waals surface area contributed by atoms with Gasteiger partial charge >= 0.3 is 5.97 Å². The Balaban J connectivity index is 2.21. The summed E-state index contributed by atoms with van der Waals surface area (Å²) in [5.41, 5.74) is 1.35. The van der Waals surface area contributed by atoms with Gasteiger partial charge in [-0.1, -0.05) is 17.3 Å². The largest absolute Gasteiger partial charge is 0.495 e. The number of para-hydroxylation sites is 1. The summed E-state index contributed by atoms with van der Waals surface area (Å²) < 4.78 is 10.3. The molecule has 2 heterocycles. The average Bonchev–Trinajstić information content (AvgIpc) is 3.03. The van der Waals surface area contributed by atoms with E-state index in [0.717, 1.165) is 10.9 Å². The molecule has 0 fully saturated rings. The van der Waals surface area contributed by atoms with Crippen LogP contribution >= 0.6 is 0 Å². The monoisotopic (exact) mass is 258 g/mol. The number of carboxylic acid groups (broad SMARTS) is 1. The molecule has 0 aliphatic rings. The van der Waals surface area contributed by atoms with E-state index in [9.17, 15) is 4.79 Å². The van der Waals surface area contributed by atoms with Crippen molar-refractivity contribution < 1.29 is 19.2 Å². The van der Waals surface area contributed by atoms with Crippen molar-refractivity contribution in [2.45, 2.75) is 0 Å². The quantitative estimate of drug-likeness (QED) is 0.753. The lowest BCUT2D eigenvalue weighted by molar-refractivity contribution is 0.0697. The van der Waals surface area contributed by atoms with Crippen LogP contribution in [0.15, 0.2) is 35.0 Å². The van der Waals surface area contributed by atoms with Gasteiger partial charge in [0, 0.05) is 5.39 Å². The molecule has 19 heavy (non-hydrogen) atoms. The second-order valence-electron chi connectivity index (χ2n) is 3.98. The van der Waals surface area contributed by atoms with Crippen LogP contribution in [-0.2, 0) is 0 Å². The predicted molar refractivity (Wildman–Crippen MR) is 67.3 cm³/mol. The minimum Gasteiger partial charge on any atom is -0.495 e. The van der Waals surface area contributed by atoms with Crippen molar-refractivity contribution >= 4 is 16.9 Å². The number of ether oxygens (including phenoxy) is 1. The number of nitrogens with zero attached hydrogens (tertiary/aromatic N) is 1. The summed E-state index contributed by atoms with van der Waals surface area (Å²) in [6.45, 7) is 0. The minimum atomic E-state index is -1.08. The molecule has 2 N–H and O–H groups in total. The fraction of sp³-hybridized carbons (Fsp3) is 0.0769. The van der Waals surface area contributed by atoms with Crippen molar-refractivity contribution in [3.63, 3.8) is 0 Å². The first-order chi connectivity index (χ1) is 9.20. The fourth-order valence-electron chi connectivity index (χ4n) is 2.01. The molecule has 0 aliphatic carbocycles. The molecule has 0 atom stereocenters. The van der Waals surface area contributed by atoms with Crippen molar-refractivity contribution in [1.82, 2.24) is 10.1 Å². The SMILES string of the molecule is COc1cccc2cc(-c3oncc3C(=O)O)[nH]c12. The highest BCUT2D eigenvalue weighted by atomic mass is 16.5. The van der Waals surface area contributed by atoms with E-state index >= 15 is 0 Å². The van der Waals surface area contributed by atoms with Crippen LogP contribution in [0.5, 0.6) is 5.75 Å². The predicted octanol–water partition coefficient (Wildman–Crippen LogP) is 2.53. The Bertz CT molecular complexity index is 757. The number of H-pyrrole nitrogens is 1. The molecule has 0 bridgehead atoms. The van der Waals surface area contributed by atoms with Crippen molar-refractivity contribution in [2.24, 2.45) is 0 Å². The second-order valence-corrected chi connectivity index (χ2v) is 3.98. The van der Waals surface area contributed by atoms with Gasteiger partial charge in [-0.05, 0) is 12.1 Å². The van der Waals surface area contributed by atoms with Crippen LogP contribution in [-0.4, -0.2) is 28.3 Å². The fourth-order valence-corrected chi connectivity index (χ4v) is 2.01. The van der Waals surface area contributed by atoms with E-state index in [4.69, 9.17) is 14.4 Å². The van der Waals surface area contributed by atoms with Crippen LogP contribution in [0.2, 0.25) is 0 Å². The number of hydrogen-bond acceptors (Lipinski definition) is 4. The van der Waals surface area contributed by atoms with E-state index in [0.29, 0.717) is 11.4 Å². The molecular weight excluding hydrogens is 248 g/mol. The van der Waals surface area contributed by atoms with Gasteiger partial charge in [-0.3, -0.25) is 0 Å². The number of aromatic carboxylic acids is 1. The molecule has 0 saturated heterocycles. The highest BCUT2D eigenvalue weighted by Gasteiger charge is 2.19. The van der Waals surface area contributed by atoms with E-state index in [-0.39, 0.29) is 11.3 Å². The van der Waals surface area contributed by atoms with Crippen molar-refractivity contribution in [3.8, 4) is 17.2 Å². The highest BCUT2D eigenvalue weighted by molar-refractivity contribution is 5.96. The van der Waals surface area contributed by atoms with E-state index in [2.05, 4.69) is 10.1 Å². The topological polar surface area (TPSA) is 88.3 Å². The number of methoxy groups -OCH3 is 1. The standard InChI is InChI=1S/C13H10N2O4/c1-18-10-4-2-3-7-5-9(15-11(7)10)12-8(13(16)17)6-14-19-12/h2-6,15H,1H3,(H,16,17). The summed E-state index contributed by atoms with van der Waals surface area (Å²) in [7, 11) is 1.58. The molecular formula is C13H10N2O4. The molecule has 0 unspecified atom stereocenters. The lowest BCUT2D eigenvalue weighted by Crippen LogP contribution is -1.95. The van der Waals surface area contributed by atoms with Crippen LogP contribution < -0.4 is 4.74 Å². The van der Waals surface area contributed by atoms with E-state index in [1.165, 1.54) is 6.20 Å². The third kappa shape index (κ3) is 1.74. The highest BCUT2D eigenvalue weighted by Crippen LogP contribution is 2.31. The first kappa shape index (κ1) is 11.3. The second kappa shape index (κ2) is 4.16. The lowest BCUT2D eigenvalue weighted by Gasteiger charge is -1.99. The third-order valence-electron chi connectivity index (χ3n) is 2.88. The van der Waals surface area contributed by atoms with Crippen LogP contribution in [0.25, 0.3) is 22.4 Å². The van der Waals surface area contributed by atoms with Gasteiger partial charge in [0.15, 0.2) is 5.76 Å². The first-order valence-corrected chi connectivity index (χ1v) is 5.55. The van der Waals surface area contributed by atoms with Gasteiger partial charge in [-0.15, -0.1) is 0 Å². The molecule has 3 rings (SSSR count). The summed E-state index contributed by atoms with van der Waals surface area (Å²) in [6, 6.07) is 7.37. The first-order valence-electron chi connectivity index (χ1n) is 5.55. The molecule has 0 saturated carbocycles. The van der Waals surface area contributed by atoms with Gasteiger partial charge in [0.25, 0.3) is 0 Å². The van der Waals surface area contributed by atoms with Crippen molar-refractivity contribution in [2.75, 3.05) is 7.11 Å². The van der Waals surface area contributed by atoms with Gasteiger partial charge in [0.2, 0.25) is 0 Å². The van der Waals surface area contributed by atoms with E-state index in [1.807, 2.05) is 18.2 Å². The normalized spacial score (nSPS) is 10.8. The van der Waals surface area contributed by atoms with Gasteiger partial charge < -0.3 is 19.4 Å². The molecule has 1 aromatic carbocycles. The summed E-state index contributed by atoms with van der Waals surface area (Å²) in [4.78, 5) is 14.1. The maximum absolute atomic E-state index is 11.1. The number of rotatable bonds is 3. The van der Waals surface area contributed by atoms with E-state index in [1.54, 1.807) is 13.2 Å². The molecule has 6 nitrogen and oxygen atoms in total. The van der Waals surface area contributed by atoms with Gasteiger partial charge in [-0.25, -0.2) is 4.79 Å². The lowest BCUT2D eigenvalue weighted by atomic mass is 10.2. The average molecular weight is 258 g/mol. The number of hydrogen-bond donors (Lipinski definition) is 2. The number of nitrogens with one attached hydrogen (secondary N) is 1. The summed E-state index contributed by atoms with van der Waals surface area (Å²) >= 11 is 0. The molecule has 0 spiro atoms. The molecule has 6 heteroatoms. The Hall–Kier alpha value is -2.76. The summed E-state index contributed by atoms with van der Waals surface area (Å²) in [5.74, 6) is -0.201. The Morgan fingerprint density at radius 1 is 1.47 bits per heavy atom. The molecule has 3 aromatic rings. The molecule has 0 amide bonds. The molecule has 96 valence electrons. The van der Waals surface area contributed by atoms with E-state index < -0.39 is 5.97 Å². The number of carbonyl (C=O) groups is 1. The van der Waals surface area contributed by atoms with Gasteiger partial charge in [0.1, 0.15) is 11.3 Å². The maximum Gasteiger partial charge on any atom is 0.341 e. The number of aromatic nitrogens is 2. The summed E-state index contributed by atoms with van der Waals surface area (Å²) in [6.07, 6.45) is 1.18. The van der Waals surface area contributed by atoms with Crippen LogP contribution in [0, 0.1) is 0 Å². The van der Waals surface area contributed by atoms with Gasteiger partial charge in [-0.2, -0.15) is 0 Å². The minimum absolute atomic E-state index is 0.0190. The zero-order valence-corrected chi connectivity index (χ0v) is 10.0. The smallest absolute Gasteiger partial charge is 0.341 e. The molecule has 0 radical (unpaired) electrons. The number of carboxylic acids is 1. The Morgan fingerprint density at radius 3 is 3.05 bits per heavy atom. The van der Waals surface area contributed by atoms with Gasteiger partial charge in [0.05, 0.1) is 24.5 Å². The number of benzene rings is 1. The molecule has 0 aliphatic heterocycles. The number of fused-ring (bicyclic) bond motifs is 1. The zero-order chi connectivity index (χ0) is 13.4. The van der Waals surface area contributed by atoms with Crippen molar-refractivity contribution in [1.29, 1.82) is 0 Å². The Morgan fingerprint density at radius 2 is 2.32 bits per heavy atom. The Kier molecular flexibility index (Phi) is 2.49. The zero-order valence-electron chi connectivity index (χ0n) is 10.0.